The third-order valence-corrected chi connectivity index (χ3v) is 2.19. The molecule has 0 bridgehead atoms. The summed E-state index contributed by atoms with van der Waals surface area (Å²) in [6.45, 7) is -0.0363. The van der Waals surface area contributed by atoms with Gasteiger partial charge < -0.3 is 10.2 Å². The molecular weight excluding hydrogens is 188 g/mol. The summed E-state index contributed by atoms with van der Waals surface area (Å²) in [5.74, 6) is 0. The largest absolute Gasteiger partial charge is 0.396 e. The first-order valence-electron chi connectivity index (χ1n) is 3.92. The fourth-order valence-corrected chi connectivity index (χ4v) is 1.21. The van der Waals surface area contributed by atoms with E-state index in [-0.39, 0.29) is 6.61 Å². The highest BCUT2D eigenvalue weighted by atomic mass is 32.2. The Kier molecular flexibility index (Phi) is 4.14. The Morgan fingerprint density at radius 2 is 2.08 bits per heavy atom. The molecule has 1 rings (SSSR count). The molecule has 0 aromatic carbocycles. The highest BCUT2D eigenvalue weighted by Crippen LogP contribution is 2.15. The zero-order valence-corrected chi connectivity index (χ0v) is 8.16. The van der Waals surface area contributed by atoms with Crippen LogP contribution in [0.5, 0.6) is 0 Å². The van der Waals surface area contributed by atoms with Crippen LogP contribution in [0.25, 0.3) is 0 Å². The molecule has 0 aliphatic rings. The average molecular weight is 200 g/mol. The van der Waals surface area contributed by atoms with Crippen molar-refractivity contribution in [2.45, 2.75) is 17.7 Å². The zero-order valence-electron chi connectivity index (χ0n) is 7.34. The summed E-state index contributed by atoms with van der Waals surface area (Å²) in [6, 6.07) is 0. The number of aliphatic hydroxyl groups is 2. The van der Waals surface area contributed by atoms with E-state index in [1.807, 2.05) is 6.26 Å². The van der Waals surface area contributed by atoms with Gasteiger partial charge in [0.25, 0.3) is 0 Å². The van der Waals surface area contributed by atoms with Crippen LogP contribution in [0.3, 0.4) is 0 Å². The van der Waals surface area contributed by atoms with Crippen LogP contribution in [0.4, 0.5) is 0 Å². The Balaban J connectivity index is 2.67. The van der Waals surface area contributed by atoms with Crippen molar-refractivity contribution in [2.24, 2.45) is 0 Å². The monoisotopic (exact) mass is 200 g/mol. The molecule has 0 aliphatic carbocycles. The summed E-state index contributed by atoms with van der Waals surface area (Å²) < 4.78 is 0. The summed E-state index contributed by atoms with van der Waals surface area (Å²) in [7, 11) is 0. The molecule has 0 saturated heterocycles. The van der Waals surface area contributed by atoms with Crippen molar-refractivity contribution in [3.63, 3.8) is 0 Å². The van der Waals surface area contributed by atoms with Gasteiger partial charge in [-0.2, -0.15) is 0 Å². The first kappa shape index (κ1) is 10.4. The van der Waals surface area contributed by atoms with Gasteiger partial charge in [0.1, 0.15) is 0 Å². The van der Waals surface area contributed by atoms with Crippen molar-refractivity contribution in [3.8, 4) is 0 Å². The number of nitrogens with zero attached hydrogens (tertiary/aromatic N) is 2. The molecule has 2 N–H and O–H groups in total. The first-order chi connectivity index (χ1) is 6.27. The molecule has 1 atom stereocenters. The molecule has 0 unspecified atom stereocenters. The summed E-state index contributed by atoms with van der Waals surface area (Å²) in [5, 5.41) is 18.7. The summed E-state index contributed by atoms with van der Waals surface area (Å²) >= 11 is 1.45. The number of aromatic nitrogens is 2. The Labute approximate surface area is 81.0 Å². The minimum atomic E-state index is -0.666. The van der Waals surface area contributed by atoms with Crippen molar-refractivity contribution in [1.82, 2.24) is 9.97 Å². The van der Waals surface area contributed by atoms with Crippen LogP contribution >= 0.6 is 11.8 Å². The van der Waals surface area contributed by atoms with E-state index in [0.29, 0.717) is 17.1 Å². The van der Waals surface area contributed by atoms with Gasteiger partial charge >= 0.3 is 0 Å². The molecule has 1 aromatic rings. The minimum Gasteiger partial charge on any atom is -0.396 e. The molecule has 72 valence electrons. The number of thioether (sulfide) groups is 1. The summed E-state index contributed by atoms with van der Waals surface area (Å²) in [4.78, 5) is 8.02. The topological polar surface area (TPSA) is 66.2 Å². The lowest BCUT2D eigenvalue weighted by molar-refractivity contribution is 0.133. The van der Waals surface area contributed by atoms with Crippen LogP contribution in [0.1, 0.15) is 18.1 Å². The number of rotatable bonds is 4. The summed E-state index contributed by atoms with van der Waals surface area (Å²) in [6.07, 6.45) is 4.71. The minimum absolute atomic E-state index is 0.0363. The van der Waals surface area contributed by atoms with Gasteiger partial charge in [0.05, 0.1) is 6.10 Å². The molecule has 5 heteroatoms. The van der Waals surface area contributed by atoms with Crippen LogP contribution in [-0.4, -0.2) is 33.0 Å². The van der Waals surface area contributed by atoms with E-state index in [1.165, 1.54) is 11.8 Å². The third-order valence-electron chi connectivity index (χ3n) is 1.62. The Morgan fingerprint density at radius 1 is 1.46 bits per heavy atom. The molecule has 1 heterocycles. The van der Waals surface area contributed by atoms with Gasteiger partial charge in [-0.1, -0.05) is 11.8 Å². The van der Waals surface area contributed by atoms with E-state index in [4.69, 9.17) is 5.11 Å². The van der Waals surface area contributed by atoms with Crippen LogP contribution in [0.15, 0.2) is 17.6 Å². The average Bonchev–Trinajstić information content (AvgIpc) is 2.18. The van der Waals surface area contributed by atoms with Gasteiger partial charge in [-0.25, -0.2) is 9.97 Å². The highest BCUT2D eigenvalue weighted by molar-refractivity contribution is 7.98. The van der Waals surface area contributed by atoms with Gasteiger partial charge in [0, 0.05) is 31.0 Å². The fourth-order valence-electron chi connectivity index (χ4n) is 0.893. The Bertz CT molecular complexity index is 253. The molecular formula is C8H12N2O2S. The van der Waals surface area contributed by atoms with Gasteiger partial charge in [-0.05, 0) is 6.26 Å². The smallest absolute Gasteiger partial charge is 0.187 e. The second-order valence-corrected chi connectivity index (χ2v) is 3.30. The second-order valence-electron chi connectivity index (χ2n) is 2.53. The highest BCUT2D eigenvalue weighted by Gasteiger charge is 2.07. The fraction of sp³-hybridized carbons (Fsp3) is 0.500. The van der Waals surface area contributed by atoms with Crippen LogP contribution in [0.2, 0.25) is 0 Å². The van der Waals surface area contributed by atoms with Gasteiger partial charge in [0.15, 0.2) is 5.16 Å². The molecule has 13 heavy (non-hydrogen) atoms. The van der Waals surface area contributed by atoms with E-state index in [2.05, 4.69) is 9.97 Å². The van der Waals surface area contributed by atoms with Crippen LogP contribution in [-0.2, 0) is 0 Å². The van der Waals surface area contributed by atoms with Gasteiger partial charge in [0.2, 0.25) is 0 Å². The molecule has 0 fully saturated rings. The van der Waals surface area contributed by atoms with Crippen molar-refractivity contribution < 1.29 is 10.2 Å². The lowest BCUT2D eigenvalue weighted by atomic mass is 10.1. The quantitative estimate of drug-likeness (QED) is 0.551. The predicted molar refractivity (Wildman–Crippen MR) is 50.5 cm³/mol. The van der Waals surface area contributed by atoms with Gasteiger partial charge in [-0.3, -0.25) is 0 Å². The number of aliphatic hydroxyl groups excluding tert-OH is 2. The maximum atomic E-state index is 9.44. The second kappa shape index (κ2) is 5.16. The van der Waals surface area contributed by atoms with E-state index in [1.54, 1.807) is 12.4 Å². The van der Waals surface area contributed by atoms with E-state index in [9.17, 15) is 5.11 Å². The maximum Gasteiger partial charge on any atom is 0.187 e. The lowest BCUT2D eigenvalue weighted by Gasteiger charge is -2.07. The predicted octanol–water partition coefficient (Wildman–Crippen LogP) is 0.614. The summed E-state index contributed by atoms with van der Waals surface area (Å²) in [5.41, 5.74) is 0.645. The molecule has 1 aromatic heterocycles. The van der Waals surface area contributed by atoms with Crippen LogP contribution in [0, 0.1) is 0 Å². The third kappa shape index (κ3) is 2.95. The normalized spacial score (nSPS) is 12.8. The number of hydrogen-bond donors (Lipinski definition) is 2. The lowest BCUT2D eigenvalue weighted by Crippen LogP contribution is -2.01. The van der Waals surface area contributed by atoms with E-state index >= 15 is 0 Å². The number of hydrogen-bond acceptors (Lipinski definition) is 5. The van der Waals surface area contributed by atoms with Crippen molar-refractivity contribution in [2.75, 3.05) is 12.9 Å². The molecule has 4 nitrogen and oxygen atoms in total. The standard InChI is InChI=1S/C8H12N2O2S/c1-13-8-9-4-6(5-10-8)7(12)2-3-11/h4-5,7,11-12H,2-3H2,1H3/t7-/m0/s1. The first-order valence-corrected chi connectivity index (χ1v) is 5.15. The van der Waals surface area contributed by atoms with Crippen molar-refractivity contribution >= 4 is 11.8 Å². The van der Waals surface area contributed by atoms with E-state index < -0.39 is 6.10 Å². The molecule has 0 saturated carbocycles. The Hall–Kier alpha value is -0.650. The Morgan fingerprint density at radius 3 is 2.54 bits per heavy atom. The van der Waals surface area contributed by atoms with E-state index in [0.717, 1.165) is 0 Å². The maximum absolute atomic E-state index is 9.44. The van der Waals surface area contributed by atoms with Gasteiger partial charge in [-0.15, -0.1) is 0 Å². The molecule has 0 spiro atoms. The van der Waals surface area contributed by atoms with Crippen LogP contribution < -0.4 is 0 Å². The molecule has 0 radical (unpaired) electrons. The zero-order chi connectivity index (χ0) is 9.68. The molecule has 0 aliphatic heterocycles. The molecule has 0 amide bonds. The SMILES string of the molecule is CSc1ncc([C@@H](O)CCO)cn1. The van der Waals surface area contributed by atoms with Crippen molar-refractivity contribution in [1.29, 1.82) is 0 Å². The van der Waals surface area contributed by atoms with Crippen molar-refractivity contribution in [3.05, 3.63) is 18.0 Å².